The molecule has 1 aromatic carbocycles. The van der Waals surface area contributed by atoms with Crippen LogP contribution in [0.15, 0.2) is 35.1 Å². The largest absolute Gasteiger partial charge is 0.497 e. The number of hydrogen-bond donors (Lipinski definition) is 3. The van der Waals surface area contributed by atoms with Gasteiger partial charge in [0.2, 0.25) is 5.95 Å². The van der Waals surface area contributed by atoms with E-state index < -0.39 is 0 Å². The number of H-pyrrole nitrogens is 1. The first-order chi connectivity index (χ1) is 13.0. The van der Waals surface area contributed by atoms with Gasteiger partial charge in [-0.15, -0.1) is 0 Å². The van der Waals surface area contributed by atoms with Crippen molar-refractivity contribution in [2.45, 2.75) is 24.8 Å². The third-order valence-corrected chi connectivity index (χ3v) is 4.90. The summed E-state index contributed by atoms with van der Waals surface area (Å²) in [6.07, 6.45) is 0. The molecule has 7 nitrogen and oxygen atoms in total. The zero-order valence-corrected chi connectivity index (χ0v) is 16.5. The molecule has 3 N–H and O–H groups in total. The Morgan fingerprint density at radius 3 is 2.81 bits per heavy atom. The van der Waals surface area contributed by atoms with Crippen molar-refractivity contribution >= 4 is 5.95 Å². The maximum Gasteiger partial charge on any atom is 0.252 e. The van der Waals surface area contributed by atoms with Crippen LogP contribution in [0, 0.1) is 0 Å². The molecular formula is C20H29N5O2. The molecule has 3 atom stereocenters. The van der Waals surface area contributed by atoms with E-state index in [1.165, 1.54) is 5.56 Å². The first-order valence-electron chi connectivity index (χ1n) is 9.33. The summed E-state index contributed by atoms with van der Waals surface area (Å²) in [4.78, 5) is 21.9. The molecule has 0 radical (unpaired) electrons. The topological polar surface area (TPSA) is 82.3 Å². The molecule has 1 aliphatic heterocycles. The lowest BCUT2D eigenvalue weighted by Crippen LogP contribution is -2.31. The number of methoxy groups -OCH3 is 1. The molecule has 1 aromatic heterocycles. The van der Waals surface area contributed by atoms with Gasteiger partial charge in [0.25, 0.3) is 5.56 Å². The Morgan fingerprint density at radius 2 is 2.07 bits per heavy atom. The van der Waals surface area contributed by atoms with Crippen LogP contribution in [0.25, 0.3) is 0 Å². The Balaban J connectivity index is 1.85. The van der Waals surface area contributed by atoms with Crippen LogP contribution in [0.4, 0.5) is 5.95 Å². The Morgan fingerprint density at radius 1 is 1.30 bits per heavy atom. The normalized spacial score (nSPS) is 20.6. The van der Waals surface area contributed by atoms with E-state index >= 15 is 0 Å². The van der Waals surface area contributed by atoms with Crippen molar-refractivity contribution in [3.63, 3.8) is 0 Å². The lowest BCUT2D eigenvalue weighted by Gasteiger charge is -2.21. The predicted octanol–water partition coefficient (Wildman–Crippen LogP) is 1.61. The molecule has 2 aromatic rings. The van der Waals surface area contributed by atoms with Crippen molar-refractivity contribution in [3.05, 3.63) is 51.9 Å². The third-order valence-electron chi connectivity index (χ3n) is 4.90. The molecule has 2 heterocycles. The SMILES string of the molecule is COc1cccc([C@@H]2CNC[C@H]2c2cc(=O)[nH]c(N[C@H](C)CN(C)C)n2)c1. The number of anilines is 1. The number of hydrogen-bond acceptors (Lipinski definition) is 6. The van der Waals surface area contributed by atoms with Crippen molar-refractivity contribution in [1.29, 1.82) is 0 Å². The fourth-order valence-corrected chi connectivity index (χ4v) is 3.77. The van der Waals surface area contributed by atoms with Gasteiger partial charge in [-0.2, -0.15) is 0 Å². The van der Waals surface area contributed by atoms with Crippen LogP contribution in [0.2, 0.25) is 0 Å². The summed E-state index contributed by atoms with van der Waals surface area (Å²) in [7, 11) is 5.72. The maximum absolute atomic E-state index is 12.2. The Kier molecular flexibility index (Phi) is 6.13. The average molecular weight is 371 g/mol. The molecule has 1 fully saturated rings. The van der Waals surface area contributed by atoms with E-state index in [4.69, 9.17) is 9.72 Å². The summed E-state index contributed by atoms with van der Waals surface area (Å²) in [5.74, 6) is 1.77. The van der Waals surface area contributed by atoms with Gasteiger partial charge < -0.3 is 20.3 Å². The van der Waals surface area contributed by atoms with Gasteiger partial charge in [-0.1, -0.05) is 12.1 Å². The fourth-order valence-electron chi connectivity index (χ4n) is 3.77. The second-order valence-electron chi connectivity index (χ2n) is 7.47. The van der Waals surface area contributed by atoms with Gasteiger partial charge in [-0.25, -0.2) is 4.98 Å². The lowest BCUT2D eigenvalue weighted by molar-refractivity contribution is 0.391. The fraction of sp³-hybridized carbons (Fsp3) is 0.500. The quantitative estimate of drug-likeness (QED) is 0.686. The summed E-state index contributed by atoms with van der Waals surface area (Å²) in [6, 6.07) is 9.92. The van der Waals surface area contributed by atoms with Crippen LogP contribution in [0.3, 0.4) is 0 Å². The van der Waals surface area contributed by atoms with Crippen LogP contribution in [-0.4, -0.2) is 61.7 Å². The van der Waals surface area contributed by atoms with E-state index in [1.54, 1.807) is 13.2 Å². The van der Waals surface area contributed by atoms with Gasteiger partial charge in [-0.3, -0.25) is 9.78 Å². The van der Waals surface area contributed by atoms with E-state index in [0.29, 0.717) is 5.95 Å². The molecule has 1 saturated heterocycles. The number of aromatic nitrogens is 2. The highest BCUT2D eigenvalue weighted by atomic mass is 16.5. The van der Waals surface area contributed by atoms with E-state index in [2.05, 4.69) is 39.6 Å². The molecule has 0 spiro atoms. The molecule has 0 amide bonds. The number of aromatic amines is 1. The second-order valence-corrected chi connectivity index (χ2v) is 7.47. The molecule has 0 saturated carbocycles. The minimum absolute atomic E-state index is 0.129. The molecular weight excluding hydrogens is 342 g/mol. The number of likely N-dealkylation sites (N-methyl/N-ethyl adjacent to an activating group) is 1. The minimum atomic E-state index is -0.129. The van der Waals surface area contributed by atoms with E-state index in [1.807, 2.05) is 26.2 Å². The van der Waals surface area contributed by atoms with Gasteiger partial charge in [-0.05, 0) is 38.7 Å². The van der Waals surface area contributed by atoms with Crippen LogP contribution >= 0.6 is 0 Å². The zero-order chi connectivity index (χ0) is 19.4. The van der Waals surface area contributed by atoms with Gasteiger partial charge in [0.15, 0.2) is 0 Å². The first kappa shape index (κ1) is 19.4. The number of nitrogens with zero attached hydrogens (tertiary/aromatic N) is 2. The summed E-state index contributed by atoms with van der Waals surface area (Å²) in [5, 5.41) is 6.74. The molecule has 0 aliphatic carbocycles. The van der Waals surface area contributed by atoms with Crippen LogP contribution in [-0.2, 0) is 0 Å². The number of rotatable bonds is 7. The van der Waals surface area contributed by atoms with E-state index in [0.717, 1.165) is 31.1 Å². The Bertz CT molecular complexity index is 820. The molecule has 0 unspecified atom stereocenters. The number of nitrogens with one attached hydrogen (secondary N) is 3. The van der Waals surface area contributed by atoms with E-state index in [-0.39, 0.29) is 23.4 Å². The first-order valence-corrected chi connectivity index (χ1v) is 9.33. The highest BCUT2D eigenvalue weighted by Gasteiger charge is 2.31. The molecule has 0 bridgehead atoms. The third kappa shape index (κ3) is 4.87. The number of ether oxygens (including phenoxy) is 1. The highest BCUT2D eigenvalue weighted by molar-refractivity contribution is 5.36. The van der Waals surface area contributed by atoms with Crippen LogP contribution in [0.1, 0.15) is 30.0 Å². The monoisotopic (exact) mass is 371 g/mol. The molecule has 1 aliphatic rings. The molecule has 146 valence electrons. The molecule has 7 heteroatoms. The smallest absolute Gasteiger partial charge is 0.252 e. The number of benzene rings is 1. The van der Waals surface area contributed by atoms with Gasteiger partial charge in [0, 0.05) is 43.6 Å². The summed E-state index contributed by atoms with van der Waals surface area (Å²) < 4.78 is 5.36. The van der Waals surface area contributed by atoms with Crippen molar-refractivity contribution < 1.29 is 4.74 Å². The minimum Gasteiger partial charge on any atom is -0.497 e. The molecule has 27 heavy (non-hydrogen) atoms. The Hall–Kier alpha value is -2.38. The van der Waals surface area contributed by atoms with Gasteiger partial charge in [0.05, 0.1) is 12.8 Å². The van der Waals surface area contributed by atoms with E-state index in [9.17, 15) is 4.79 Å². The Labute approximate surface area is 160 Å². The average Bonchev–Trinajstić information content (AvgIpc) is 3.10. The van der Waals surface area contributed by atoms with Gasteiger partial charge in [0.1, 0.15) is 5.75 Å². The van der Waals surface area contributed by atoms with Crippen molar-refractivity contribution in [2.75, 3.05) is 46.2 Å². The van der Waals surface area contributed by atoms with Gasteiger partial charge >= 0.3 is 0 Å². The standard InChI is InChI=1S/C20H29N5O2/c1-13(12-25(2)3)22-20-23-18(9-19(26)24-20)17-11-21-10-16(17)14-6-5-7-15(8-14)27-4/h5-9,13,16-17,21H,10-12H2,1-4H3,(H2,22,23,24,26)/t13-,16+,17-/m1/s1. The lowest BCUT2D eigenvalue weighted by atomic mass is 9.86. The maximum atomic E-state index is 12.2. The summed E-state index contributed by atoms with van der Waals surface area (Å²) in [6.45, 7) is 4.57. The molecule has 3 rings (SSSR count). The zero-order valence-electron chi connectivity index (χ0n) is 16.5. The van der Waals surface area contributed by atoms with Crippen LogP contribution < -0.4 is 20.9 Å². The van der Waals surface area contributed by atoms with Crippen molar-refractivity contribution in [2.24, 2.45) is 0 Å². The highest BCUT2D eigenvalue weighted by Crippen LogP contribution is 2.36. The predicted molar refractivity (Wildman–Crippen MR) is 108 cm³/mol. The van der Waals surface area contributed by atoms with Crippen molar-refractivity contribution in [3.8, 4) is 5.75 Å². The van der Waals surface area contributed by atoms with Crippen molar-refractivity contribution in [1.82, 2.24) is 20.2 Å². The second kappa shape index (κ2) is 8.54. The van der Waals surface area contributed by atoms with Crippen LogP contribution in [0.5, 0.6) is 5.75 Å². The summed E-state index contributed by atoms with van der Waals surface area (Å²) in [5.41, 5.74) is 1.88. The summed E-state index contributed by atoms with van der Waals surface area (Å²) >= 11 is 0.